The maximum absolute atomic E-state index is 11.4. The fourth-order valence-corrected chi connectivity index (χ4v) is 1.74. The number of para-hydroxylation sites is 1. The first kappa shape index (κ1) is 13.3. The summed E-state index contributed by atoms with van der Waals surface area (Å²) in [6.45, 7) is 2.29. The molecule has 98 valence electrons. The Bertz CT molecular complexity index is 537. The van der Waals surface area contributed by atoms with E-state index < -0.39 is 0 Å². The van der Waals surface area contributed by atoms with Gasteiger partial charge in [-0.15, -0.1) is 0 Å². The summed E-state index contributed by atoms with van der Waals surface area (Å²) in [6, 6.07) is 13.4. The van der Waals surface area contributed by atoms with E-state index >= 15 is 0 Å². The fourth-order valence-electron chi connectivity index (χ4n) is 1.74. The molecule has 0 aliphatic heterocycles. The SMILES string of the molecule is CCC(=O)Cc1ccnc(COc2ccccc2)c1. The first-order valence-corrected chi connectivity index (χ1v) is 6.41. The summed E-state index contributed by atoms with van der Waals surface area (Å²) in [5.74, 6) is 1.06. The molecule has 0 fully saturated rings. The second-order valence-corrected chi connectivity index (χ2v) is 4.33. The third-order valence-electron chi connectivity index (χ3n) is 2.81. The molecule has 0 amide bonds. The minimum Gasteiger partial charge on any atom is -0.487 e. The Morgan fingerprint density at radius 1 is 1.21 bits per heavy atom. The van der Waals surface area contributed by atoms with E-state index in [0.717, 1.165) is 17.0 Å². The van der Waals surface area contributed by atoms with Gasteiger partial charge in [0.25, 0.3) is 0 Å². The third-order valence-corrected chi connectivity index (χ3v) is 2.81. The predicted molar refractivity (Wildman–Crippen MR) is 74.0 cm³/mol. The zero-order valence-corrected chi connectivity index (χ0v) is 11.0. The number of ether oxygens (including phenoxy) is 1. The van der Waals surface area contributed by atoms with Gasteiger partial charge in [0.15, 0.2) is 0 Å². The molecule has 0 radical (unpaired) electrons. The number of ketones is 1. The van der Waals surface area contributed by atoms with Crippen LogP contribution in [0.2, 0.25) is 0 Å². The zero-order valence-electron chi connectivity index (χ0n) is 11.0. The van der Waals surface area contributed by atoms with Gasteiger partial charge in [0.1, 0.15) is 18.1 Å². The number of pyridine rings is 1. The Hall–Kier alpha value is -2.16. The average molecular weight is 255 g/mol. The van der Waals surface area contributed by atoms with Crippen LogP contribution in [-0.2, 0) is 17.8 Å². The highest BCUT2D eigenvalue weighted by molar-refractivity contribution is 5.80. The van der Waals surface area contributed by atoms with Crippen LogP contribution < -0.4 is 4.74 Å². The van der Waals surface area contributed by atoms with Gasteiger partial charge in [0.2, 0.25) is 0 Å². The van der Waals surface area contributed by atoms with E-state index in [9.17, 15) is 4.79 Å². The topological polar surface area (TPSA) is 39.2 Å². The van der Waals surface area contributed by atoms with Gasteiger partial charge in [-0.2, -0.15) is 0 Å². The molecule has 0 unspecified atom stereocenters. The van der Waals surface area contributed by atoms with Gasteiger partial charge in [-0.25, -0.2) is 0 Å². The minimum absolute atomic E-state index is 0.237. The molecule has 2 aromatic rings. The van der Waals surface area contributed by atoms with Crippen molar-refractivity contribution in [2.45, 2.75) is 26.4 Å². The lowest BCUT2D eigenvalue weighted by Gasteiger charge is -2.06. The number of hydrogen-bond donors (Lipinski definition) is 0. The molecule has 3 heteroatoms. The number of aromatic nitrogens is 1. The summed E-state index contributed by atoms with van der Waals surface area (Å²) in [4.78, 5) is 15.7. The van der Waals surface area contributed by atoms with Crippen molar-refractivity contribution >= 4 is 5.78 Å². The number of rotatable bonds is 6. The van der Waals surface area contributed by atoms with Crippen LogP contribution in [0.15, 0.2) is 48.7 Å². The highest BCUT2D eigenvalue weighted by Gasteiger charge is 2.03. The van der Waals surface area contributed by atoms with E-state index in [1.165, 1.54) is 0 Å². The normalized spacial score (nSPS) is 10.2. The first-order valence-electron chi connectivity index (χ1n) is 6.41. The van der Waals surface area contributed by atoms with Crippen molar-refractivity contribution in [3.8, 4) is 5.75 Å². The van der Waals surface area contributed by atoms with Crippen molar-refractivity contribution in [3.05, 3.63) is 59.9 Å². The molecule has 1 aromatic carbocycles. The first-order chi connectivity index (χ1) is 9.28. The standard InChI is InChI=1S/C16H17NO2/c1-2-15(18)11-13-8-9-17-14(10-13)12-19-16-6-4-3-5-7-16/h3-10H,2,11-12H2,1H3. The molecule has 0 saturated heterocycles. The molecular formula is C16H17NO2. The van der Waals surface area contributed by atoms with Crippen molar-refractivity contribution in [1.29, 1.82) is 0 Å². The van der Waals surface area contributed by atoms with Gasteiger partial charge in [0, 0.05) is 19.0 Å². The van der Waals surface area contributed by atoms with Gasteiger partial charge < -0.3 is 4.74 Å². The molecule has 3 nitrogen and oxygen atoms in total. The van der Waals surface area contributed by atoms with Gasteiger partial charge in [0.05, 0.1) is 5.69 Å². The molecule has 1 heterocycles. The molecule has 0 aliphatic rings. The Kier molecular flexibility index (Phi) is 4.67. The van der Waals surface area contributed by atoms with Crippen LogP contribution in [0.1, 0.15) is 24.6 Å². The van der Waals surface area contributed by atoms with Crippen molar-refractivity contribution in [2.75, 3.05) is 0 Å². The van der Waals surface area contributed by atoms with Crippen molar-refractivity contribution in [2.24, 2.45) is 0 Å². The molecular weight excluding hydrogens is 238 g/mol. The second-order valence-electron chi connectivity index (χ2n) is 4.33. The van der Waals surface area contributed by atoms with Gasteiger partial charge >= 0.3 is 0 Å². The number of Topliss-reactive ketones (excluding diaryl/α,β-unsaturated/α-hetero) is 1. The lowest BCUT2D eigenvalue weighted by atomic mass is 10.1. The van der Waals surface area contributed by atoms with E-state index in [2.05, 4.69) is 4.98 Å². The van der Waals surface area contributed by atoms with Gasteiger partial charge in [-0.1, -0.05) is 25.1 Å². The molecule has 0 bridgehead atoms. The predicted octanol–water partition coefficient (Wildman–Crippen LogP) is 3.18. The number of nitrogens with zero attached hydrogens (tertiary/aromatic N) is 1. The maximum atomic E-state index is 11.4. The molecule has 0 aliphatic carbocycles. The monoisotopic (exact) mass is 255 g/mol. The van der Waals surface area contributed by atoms with Crippen LogP contribution in [-0.4, -0.2) is 10.8 Å². The molecule has 0 spiro atoms. The summed E-state index contributed by atoms with van der Waals surface area (Å²) in [6.07, 6.45) is 2.76. The van der Waals surface area contributed by atoms with Gasteiger partial charge in [-0.05, 0) is 29.8 Å². The maximum Gasteiger partial charge on any atom is 0.136 e. The molecule has 0 atom stereocenters. The molecule has 2 rings (SSSR count). The number of carbonyl (C=O) groups excluding carboxylic acids is 1. The van der Waals surface area contributed by atoms with Crippen LogP contribution in [0.5, 0.6) is 5.75 Å². The van der Waals surface area contributed by atoms with Crippen LogP contribution in [0, 0.1) is 0 Å². The highest BCUT2D eigenvalue weighted by atomic mass is 16.5. The van der Waals surface area contributed by atoms with E-state index in [1.807, 2.05) is 49.4 Å². The van der Waals surface area contributed by atoms with E-state index in [1.54, 1.807) is 6.20 Å². The Labute approximate surface area is 113 Å². The molecule has 0 saturated carbocycles. The number of benzene rings is 1. The lowest BCUT2D eigenvalue weighted by molar-refractivity contribution is -0.118. The van der Waals surface area contributed by atoms with E-state index in [0.29, 0.717) is 19.4 Å². The van der Waals surface area contributed by atoms with Crippen LogP contribution in [0.3, 0.4) is 0 Å². The quantitative estimate of drug-likeness (QED) is 0.795. The second kappa shape index (κ2) is 6.69. The third kappa shape index (κ3) is 4.21. The van der Waals surface area contributed by atoms with E-state index in [-0.39, 0.29) is 5.78 Å². The summed E-state index contributed by atoms with van der Waals surface area (Å²) in [7, 11) is 0. The molecule has 19 heavy (non-hydrogen) atoms. The molecule has 0 N–H and O–H groups in total. The van der Waals surface area contributed by atoms with Crippen molar-refractivity contribution in [1.82, 2.24) is 4.98 Å². The molecule has 1 aromatic heterocycles. The lowest BCUT2D eigenvalue weighted by Crippen LogP contribution is -2.03. The highest BCUT2D eigenvalue weighted by Crippen LogP contribution is 2.11. The Morgan fingerprint density at radius 3 is 2.74 bits per heavy atom. The zero-order chi connectivity index (χ0) is 13.5. The summed E-state index contributed by atoms with van der Waals surface area (Å²) >= 11 is 0. The average Bonchev–Trinajstić information content (AvgIpc) is 2.46. The number of hydrogen-bond acceptors (Lipinski definition) is 3. The number of carbonyl (C=O) groups is 1. The fraction of sp³-hybridized carbons (Fsp3) is 0.250. The van der Waals surface area contributed by atoms with Crippen LogP contribution >= 0.6 is 0 Å². The van der Waals surface area contributed by atoms with Crippen molar-refractivity contribution < 1.29 is 9.53 Å². The summed E-state index contributed by atoms with van der Waals surface area (Å²) < 4.78 is 5.63. The van der Waals surface area contributed by atoms with E-state index in [4.69, 9.17) is 4.74 Å². The van der Waals surface area contributed by atoms with Crippen molar-refractivity contribution in [3.63, 3.8) is 0 Å². The van der Waals surface area contributed by atoms with Gasteiger partial charge in [-0.3, -0.25) is 9.78 Å². The largest absolute Gasteiger partial charge is 0.487 e. The Morgan fingerprint density at radius 2 is 2.00 bits per heavy atom. The summed E-state index contributed by atoms with van der Waals surface area (Å²) in [5, 5.41) is 0. The van der Waals surface area contributed by atoms with Crippen LogP contribution in [0.25, 0.3) is 0 Å². The van der Waals surface area contributed by atoms with Crippen LogP contribution in [0.4, 0.5) is 0 Å². The minimum atomic E-state index is 0.237. The summed E-state index contributed by atoms with van der Waals surface area (Å²) in [5.41, 5.74) is 1.83. The Balaban J connectivity index is 1.97. The smallest absolute Gasteiger partial charge is 0.136 e.